The molecule has 5 nitrogen and oxygen atoms in total. The molecular formula is C18H16BrN3O2S. The van der Waals surface area contributed by atoms with Gasteiger partial charge in [-0.25, -0.2) is 0 Å². The molecule has 7 heteroatoms. The van der Waals surface area contributed by atoms with Gasteiger partial charge in [0.2, 0.25) is 5.91 Å². The molecule has 1 N–H and O–H groups in total. The van der Waals surface area contributed by atoms with Crippen molar-refractivity contribution in [2.75, 3.05) is 7.11 Å². The lowest BCUT2D eigenvalue weighted by atomic mass is 10.1. The van der Waals surface area contributed by atoms with Gasteiger partial charge in [-0.1, -0.05) is 52.0 Å². The molecule has 0 unspecified atom stereocenters. The van der Waals surface area contributed by atoms with Gasteiger partial charge in [-0.15, -0.1) is 5.10 Å². The van der Waals surface area contributed by atoms with E-state index in [1.165, 1.54) is 11.8 Å². The van der Waals surface area contributed by atoms with Crippen molar-refractivity contribution in [1.29, 1.82) is 0 Å². The highest BCUT2D eigenvalue weighted by molar-refractivity contribution is 9.10. The van der Waals surface area contributed by atoms with E-state index in [0.29, 0.717) is 11.6 Å². The normalized spacial score (nSPS) is 18.7. The number of ether oxygens (including phenoxy) is 1. The minimum atomic E-state index is -0.193. The average molecular weight is 418 g/mol. The summed E-state index contributed by atoms with van der Waals surface area (Å²) < 4.78 is 6.28. The molecule has 0 aromatic heterocycles. The van der Waals surface area contributed by atoms with Crippen molar-refractivity contribution in [2.45, 2.75) is 11.7 Å². The standard InChI is InChI=1S/C18H16BrN3O2S/c1-24-15-5-3-2-4-13(15)11-20-22-18-21-17(23)16(25-18)10-12-6-8-14(19)9-7-12/h2-9,11,16H,10H2,1H3,(H,21,22,23)/b20-11-/t16-/m0/s1. The van der Waals surface area contributed by atoms with E-state index in [2.05, 4.69) is 31.4 Å². The Morgan fingerprint density at radius 3 is 2.76 bits per heavy atom. The van der Waals surface area contributed by atoms with Gasteiger partial charge in [0, 0.05) is 10.0 Å². The molecule has 1 heterocycles. The number of halogens is 1. The molecule has 2 aromatic rings. The lowest BCUT2D eigenvalue weighted by Crippen LogP contribution is -2.25. The summed E-state index contributed by atoms with van der Waals surface area (Å²) in [6.45, 7) is 0. The van der Waals surface area contributed by atoms with Crippen LogP contribution >= 0.6 is 27.7 Å². The first-order valence-corrected chi connectivity index (χ1v) is 9.29. The molecule has 0 spiro atoms. The molecule has 3 rings (SSSR count). The molecule has 0 aliphatic carbocycles. The second-order valence-electron chi connectivity index (χ2n) is 5.32. The highest BCUT2D eigenvalue weighted by atomic mass is 79.9. The first-order valence-electron chi connectivity index (χ1n) is 7.61. The zero-order valence-corrected chi connectivity index (χ0v) is 15.9. The van der Waals surface area contributed by atoms with Gasteiger partial charge in [-0.05, 0) is 36.2 Å². The van der Waals surface area contributed by atoms with E-state index in [9.17, 15) is 4.79 Å². The largest absolute Gasteiger partial charge is 0.496 e. The van der Waals surface area contributed by atoms with E-state index in [1.807, 2.05) is 48.5 Å². The molecule has 25 heavy (non-hydrogen) atoms. The topological polar surface area (TPSA) is 63.1 Å². The summed E-state index contributed by atoms with van der Waals surface area (Å²) in [5.41, 5.74) is 1.93. The third-order valence-corrected chi connectivity index (χ3v) is 5.20. The summed E-state index contributed by atoms with van der Waals surface area (Å²) in [4.78, 5) is 12.1. The Kier molecular flexibility index (Phi) is 5.88. The number of hydrogen-bond donors (Lipinski definition) is 1. The van der Waals surface area contributed by atoms with Crippen LogP contribution in [0.25, 0.3) is 0 Å². The van der Waals surface area contributed by atoms with E-state index < -0.39 is 0 Å². The fourth-order valence-corrected chi connectivity index (χ4v) is 3.57. The van der Waals surface area contributed by atoms with Crippen molar-refractivity contribution in [3.63, 3.8) is 0 Å². The Labute approximate surface area is 158 Å². The number of carbonyl (C=O) groups is 1. The van der Waals surface area contributed by atoms with E-state index in [0.717, 1.165) is 21.3 Å². The maximum atomic E-state index is 12.1. The molecule has 0 radical (unpaired) electrons. The smallest absolute Gasteiger partial charge is 0.239 e. The maximum absolute atomic E-state index is 12.1. The Morgan fingerprint density at radius 1 is 1.24 bits per heavy atom. The highest BCUT2D eigenvalue weighted by Crippen LogP contribution is 2.24. The van der Waals surface area contributed by atoms with Crippen LogP contribution in [0.15, 0.2) is 63.2 Å². The molecule has 128 valence electrons. The molecule has 2 aromatic carbocycles. The Morgan fingerprint density at radius 2 is 2.00 bits per heavy atom. The van der Waals surface area contributed by atoms with Crippen molar-refractivity contribution in [2.24, 2.45) is 10.2 Å². The molecule has 1 aliphatic heterocycles. The zero-order valence-electron chi connectivity index (χ0n) is 13.5. The molecule has 1 aliphatic rings. The number of amides is 1. The Bertz CT molecular complexity index is 821. The lowest BCUT2D eigenvalue weighted by molar-refractivity contribution is -0.118. The number of methoxy groups -OCH3 is 1. The summed E-state index contributed by atoms with van der Waals surface area (Å²) in [5.74, 6) is 0.682. The quantitative estimate of drug-likeness (QED) is 0.596. The third kappa shape index (κ3) is 4.70. The van der Waals surface area contributed by atoms with Gasteiger partial charge in [0.25, 0.3) is 0 Å². The van der Waals surface area contributed by atoms with Crippen LogP contribution < -0.4 is 10.1 Å². The minimum Gasteiger partial charge on any atom is -0.496 e. The van der Waals surface area contributed by atoms with Gasteiger partial charge in [0.15, 0.2) is 5.17 Å². The highest BCUT2D eigenvalue weighted by Gasteiger charge is 2.30. The average Bonchev–Trinajstić information content (AvgIpc) is 2.97. The lowest BCUT2D eigenvalue weighted by Gasteiger charge is -2.05. The number of benzene rings is 2. The van der Waals surface area contributed by atoms with Gasteiger partial charge in [0.1, 0.15) is 5.75 Å². The minimum absolute atomic E-state index is 0.0424. The van der Waals surface area contributed by atoms with E-state index in [4.69, 9.17) is 4.74 Å². The van der Waals surface area contributed by atoms with Gasteiger partial charge in [-0.2, -0.15) is 5.10 Å². The Hall–Kier alpha value is -2.12. The summed E-state index contributed by atoms with van der Waals surface area (Å²) in [7, 11) is 1.61. The van der Waals surface area contributed by atoms with Crippen molar-refractivity contribution in [3.05, 3.63) is 64.1 Å². The molecule has 1 atom stereocenters. The number of rotatable bonds is 5. The molecule has 1 amide bonds. The molecule has 0 bridgehead atoms. The van der Waals surface area contributed by atoms with Gasteiger partial charge in [0.05, 0.1) is 18.6 Å². The zero-order chi connectivity index (χ0) is 17.6. The van der Waals surface area contributed by atoms with Gasteiger partial charge >= 0.3 is 0 Å². The Balaban J connectivity index is 1.64. The van der Waals surface area contributed by atoms with Crippen molar-refractivity contribution >= 4 is 45.0 Å². The van der Waals surface area contributed by atoms with Gasteiger partial charge in [-0.3, -0.25) is 4.79 Å². The van der Waals surface area contributed by atoms with Crippen LogP contribution in [0, 0.1) is 0 Å². The number of para-hydroxylation sites is 1. The van der Waals surface area contributed by atoms with Crippen molar-refractivity contribution < 1.29 is 9.53 Å². The maximum Gasteiger partial charge on any atom is 0.239 e. The summed E-state index contributed by atoms with van der Waals surface area (Å²) in [5, 5.41) is 11.3. The molecule has 1 fully saturated rings. The van der Waals surface area contributed by atoms with Crippen molar-refractivity contribution in [3.8, 4) is 5.75 Å². The third-order valence-electron chi connectivity index (χ3n) is 3.60. The van der Waals surface area contributed by atoms with Crippen LogP contribution in [0.4, 0.5) is 0 Å². The predicted molar refractivity (Wildman–Crippen MR) is 105 cm³/mol. The van der Waals surface area contributed by atoms with Crippen LogP contribution in [0.3, 0.4) is 0 Å². The first-order chi connectivity index (χ1) is 12.2. The first kappa shape index (κ1) is 17.7. The molecule has 0 saturated carbocycles. The molecule has 1 saturated heterocycles. The summed E-state index contributed by atoms with van der Waals surface area (Å²) in [6, 6.07) is 15.5. The molecular weight excluding hydrogens is 402 g/mol. The van der Waals surface area contributed by atoms with Gasteiger partial charge < -0.3 is 10.1 Å². The number of thioether (sulfide) groups is 1. The number of nitrogens with one attached hydrogen (secondary N) is 1. The van der Waals surface area contributed by atoms with Crippen LogP contribution in [0.2, 0.25) is 0 Å². The van der Waals surface area contributed by atoms with Crippen LogP contribution in [-0.2, 0) is 11.2 Å². The van der Waals surface area contributed by atoms with Crippen molar-refractivity contribution in [1.82, 2.24) is 5.32 Å². The predicted octanol–water partition coefficient (Wildman–Crippen LogP) is 3.62. The van der Waals surface area contributed by atoms with Crippen LogP contribution in [-0.4, -0.2) is 29.6 Å². The SMILES string of the molecule is COc1ccccc1/C=N\N=C1/NC(=O)[C@H](Cc2ccc(Br)cc2)S1. The van der Waals surface area contributed by atoms with Crippen LogP contribution in [0.5, 0.6) is 5.75 Å². The van der Waals surface area contributed by atoms with Crippen LogP contribution in [0.1, 0.15) is 11.1 Å². The monoisotopic (exact) mass is 417 g/mol. The summed E-state index contributed by atoms with van der Waals surface area (Å²) in [6.07, 6.45) is 2.26. The number of nitrogens with zero attached hydrogens (tertiary/aromatic N) is 2. The second-order valence-corrected chi connectivity index (χ2v) is 7.43. The summed E-state index contributed by atoms with van der Waals surface area (Å²) >= 11 is 4.80. The number of amidine groups is 1. The van der Waals surface area contributed by atoms with E-state index >= 15 is 0 Å². The number of carbonyl (C=O) groups excluding carboxylic acids is 1. The second kappa shape index (κ2) is 8.31. The van der Waals surface area contributed by atoms with E-state index in [-0.39, 0.29) is 11.2 Å². The van der Waals surface area contributed by atoms with E-state index in [1.54, 1.807) is 13.3 Å². The fourth-order valence-electron chi connectivity index (χ4n) is 2.34. The fraction of sp³-hybridized carbons (Fsp3) is 0.167. The number of hydrogen-bond acceptors (Lipinski definition) is 5.